The lowest BCUT2D eigenvalue weighted by molar-refractivity contribution is -0.279. The average Bonchev–Trinajstić information content (AvgIpc) is 3.78. The highest BCUT2D eigenvalue weighted by molar-refractivity contribution is 5.78. The van der Waals surface area contributed by atoms with E-state index in [0.29, 0.717) is 0 Å². The smallest absolute Gasteiger partial charge is 0.312 e. The molecule has 11 atom stereocenters. The van der Waals surface area contributed by atoms with Crippen molar-refractivity contribution >= 4 is 41.8 Å². The zero-order valence-corrected chi connectivity index (χ0v) is 32.4. The number of epoxide rings is 1. The van der Waals surface area contributed by atoms with Crippen LogP contribution in [0.15, 0.2) is 23.8 Å². The van der Waals surface area contributed by atoms with Crippen LogP contribution in [-0.4, -0.2) is 108 Å². The van der Waals surface area contributed by atoms with E-state index in [0.717, 1.165) is 27.7 Å². The fourth-order valence-corrected chi connectivity index (χ4v) is 8.00. The first-order valence-corrected chi connectivity index (χ1v) is 18.1. The Morgan fingerprint density at radius 3 is 1.85 bits per heavy atom. The molecule has 0 amide bonds. The molecule has 300 valence electrons. The summed E-state index contributed by atoms with van der Waals surface area (Å²) in [7, 11) is 0. The molecule has 4 aliphatic rings. The summed E-state index contributed by atoms with van der Waals surface area (Å²) in [6, 6.07) is 0. The lowest BCUT2D eigenvalue weighted by Crippen LogP contribution is -2.76. The molecule has 1 saturated carbocycles. The molecule has 1 N–H and O–H groups in total. The van der Waals surface area contributed by atoms with Crippen molar-refractivity contribution in [3.8, 4) is 0 Å². The molecular formula is C38H52O16. The van der Waals surface area contributed by atoms with Crippen molar-refractivity contribution in [2.24, 2.45) is 29.1 Å². The molecule has 0 bridgehead atoms. The van der Waals surface area contributed by atoms with Crippen LogP contribution in [0.4, 0.5) is 0 Å². The maximum absolute atomic E-state index is 13.4. The largest absolute Gasteiger partial charge is 0.461 e. The van der Waals surface area contributed by atoms with Gasteiger partial charge in [0.05, 0.1) is 17.9 Å². The maximum atomic E-state index is 13.4. The molecule has 0 aromatic carbocycles. The number of carbonyl (C=O) groups excluding carboxylic acids is 7. The number of carbonyl (C=O) groups is 7. The van der Waals surface area contributed by atoms with Crippen LogP contribution in [0, 0.1) is 29.1 Å². The first-order valence-electron chi connectivity index (χ1n) is 18.1. The Hall–Kier alpha value is -4.31. The van der Waals surface area contributed by atoms with Gasteiger partial charge in [0, 0.05) is 46.5 Å². The van der Waals surface area contributed by atoms with Gasteiger partial charge in [-0.15, -0.1) is 0 Å². The number of aliphatic hydroxyl groups is 1. The molecular weight excluding hydrogens is 712 g/mol. The van der Waals surface area contributed by atoms with Gasteiger partial charge in [0.25, 0.3) is 0 Å². The molecule has 2 aliphatic heterocycles. The molecule has 54 heavy (non-hydrogen) atoms. The maximum Gasteiger partial charge on any atom is 0.312 e. The molecule has 2 saturated heterocycles. The summed E-state index contributed by atoms with van der Waals surface area (Å²) in [5.74, 6) is -8.67. The fraction of sp³-hybridized carbons (Fsp3) is 0.711. The highest BCUT2D eigenvalue weighted by Gasteiger charge is 2.81. The predicted molar refractivity (Wildman–Crippen MR) is 183 cm³/mol. The highest BCUT2D eigenvalue weighted by atomic mass is 16.7. The second kappa shape index (κ2) is 16.2. The minimum absolute atomic E-state index is 0.0256. The van der Waals surface area contributed by atoms with Crippen LogP contribution in [0.5, 0.6) is 0 Å². The topological polar surface area (TPSA) is 217 Å². The summed E-state index contributed by atoms with van der Waals surface area (Å²) >= 11 is 0. The van der Waals surface area contributed by atoms with Crippen LogP contribution >= 0.6 is 0 Å². The summed E-state index contributed by atoms with van der Waals surface area (Å²) in [6.07, 6.45) is -5.44. The van der Waals surface area contributed by atoms with Crippen LogP contribution < -0.4 is 0 Å². The van der Waals surface area contributed by atoms with E-state index in [1.165, 1.54) is 32.1 Å². The van der Waals surface area contributed by atoms with Crippen molar-refractivity contribution in [3.63, 3.8) is 0 Å². The number of esters is 7. The van der Waals surface area contributed by atoms with Crippen LogP contribution in [0.3, 0.4) is 0 Å². The molecule has 2 aliphatic carbocycles. The first kappa shape index (κ1) is 42.4. The summed E-state index contributed by atoms with van der Waals surface area (Å²) in [5.41, 5.74) is -5.91. The highest BCUT2D eigenvalue weighted by Crippen LogP contribution is 2.63. The predicted octanol–water partition coefficient (Wildman–Crippen LogP) is 2.45. The van der Waals surface area contributed by atoms with Gasteiger partial charge < -0.3 is 43.0 Å². The van der Waals surface area contributed by atoms with Crippen molar-refractivity contribution < 1.29 is 76.6 Å². The van der Waals surface area contributed by atoms with E-state index in [1.807, 2.05) is 13.8 Å². The lowest BCUT2D eigenvalue weighted by Gasteiger charge is -2.59. The third-order valence-corrected chi connectivity index (χ3v) is 10.3. The standard InChI is InChI=1S/C38H52O16/c1-18(2)13-28(43)47-16-25-11-12-26(49-21(6)39)36(10)31(34(52-24(9)42)38(46)20(5)35(45)53-27(38)15-25)37(17-48-37)33(51-23(8)41)30(32(36)50-22(7)40)54-29(44)14-19(3)4/h11-12,15,18-20,26-27,30-34,46H,13-14,16-17H2,1-10H3/t20-,26-,27-,30+,31+,32-,33+,34-,36+,37-,38-/m0/s1. The van der Waals surface area contributed by atoms with Crippen LogP contribution in [0.25, 0.3) is 0 Å². The van der Waals surface area contributed by atoms with E-state index in [4.69, 9.17) is 37.9 Å². The number of fused-ring (bicyclic) bond motifs is 3. The zero-order valence-electron chi connectivity index (χ0n) is 32.4. The lowest BCUT2D eigenvalue weighted by atomic mass is 9.51. The van der Waals surface area contributed by atoms with Gasteiger partial charge >= 0.3 is 41.8 Å². The van der Waals surface area contributed by atoms with E-state index in [9.17, 15) is 38.7 Å². The number of ether oxygens (including phenoxy) is 8. The third-order valence-electron chi connectivity index (χ3n) is 10.3. The van der Waals surface area contributed by atoms with E-state index < -0.39 is 107 Å². The van der Waals surface area contributed by atoms with Crippen LogP contribution in [0.1, 0.15) is 82.1 Å². The molecule has 3 fully saturated rings. The van der Waals surface area contributed by atoms with Gasteiger partial charge in [-0.1, -0.05) is 40.7 Å². The van der Waals surface area contributed by atoms with Gasteiger partial charge in [-0.3, -0.25) is 33.6 Å². The van der Waals surface area contributed by atoms with Crippen molar-refractivity contribution in [1.29, 1.82) is 0 Å². The minimum Gasteiger partial charge on any atom is -0.461 e. The Labute approximate surface area is 314 Å². The quantitative estimate of drug-likeness (QED) is 0.182. The second-order valence-electron chi connectivity index (χ2n) is 15.6. The SMILES string of the molecule is CC(=O)O[C@@H]1[C@H](OC(=O)CC(C)C)[C@H](OC(C)=O)[C@]2(C)[C@@H](OC(C)=O)C=CC(COC(=O)CC(C)C)=C[C@@H]3OC(=O)[C@H](C)[C@@]3(O)[C@@H](OC(C)=O)[C@H]2[C@@]12CO2. The van der Waals surface area contributed by atoms with E-state index in [-0.39, 0.29) is 43.5 Å². The van der Waals surface area contributed by atoms with E-state index in [1.54, 1.807) is 13.8 Å². The van der Waals surface area contributed by atoms with Gasteiger partial charge in [0.1, 0.15) is 24.4 Å². The van der Waals surface area contributed by atoms with E-state index in [2.05, 4.69) is 0 Å². The van der Waals surface area contributed by atoms with Gasteiger partial charge in [0.15, 0.2) is 30.0 Å². The normalized spacial score (nSPS) is 35.5. The zero-order chi connectivity index (χ0) is 40.5. The third kappa shape index (κ3) is 8.49. The monoisotopic (exact) mass is 764 g/mol. The molecule has 1 spiro atoms. The summed E-state index contributed by atoms with van der Waals surface area (Å²) < 4.78 is 47.2. The number of hydrogen-bond donors (Lipinski definition) is 1. The van der Waals surface area contributed by atoms with Crippen molar-refractivity contribution in [3.05, 3.63) is 23.8 Å². The molecule has 0 unspecified atom stereocenters. The molecule has 16 nitrogen and oxygen atoms in total. The molecule has 0 aromatic rings. The van der Waals surface area contributed by atoms with Crippen molar-refractivity contribution in [2.75, 3.05) is 13.2 Å². The Kier molecular flexibility index (Phi) is 12.7. The second-order valence-corrected chi connectivity index (χ2v) is 15.6. The Morgan fingerprint density at radius 1 is 0.815 bits per heavy atom. The molecule has 16 heteroatoms. The number of hydrogen-bond acceptors (Lipinski definition) is 16. The Morgan fingerprint density at radius 2 is 1.33 bits per heavy atom. The van der Waals surface area contributed by atoms with Gasteiger partial charge in [0.2, 0.25) is 0 Å². The number of rotatable bonds is 11. The summed E-state index contributed by atoms with van der Waals surface area (Å²) in [5, 5.41) is 13.0. The molecule has 4 rings (SSSR count). The fourth-order valence-electron chi connectivity index (χ4n) is 8.00. The van der Waals surface area contributed by atoms with Gasteiger partial charge in [-0.05, 0) is 36.5 Å². The Bertz CT molecular complexity index is 1570. The Balaban J connectivity index is 2.11. The first-order chi connectivity index (χ1) is 25.1. The van der Waals surface area contributed by atoms with E-state index >= 15 is 0 Å². The summed E-state index contributed by atoms with van der Waals surface area (Å²) in [6.45, 7) is 13.9. The van der Waals surface area contributed by atoms with Crippen LogP contribution in [-0.2, 0) is 71.5 Å². The molecule has 0 radical (unpaired) electrons. The van der Waals surface area contributed by atoms with Crippen molar-refractivity contribution in [2.45, 2.75) is 130 Å². The van der Waals surface area contributed by atoms with Crippen LogP contribution in [0.2, 0.25) is 0 Å². The molecule has 2 heterocycles. The van der Waals surface area contributed by atoms with Crippen molar-refractivity contribution in [1.82, 2.24) is 0 Å². The van der Waals surface area contributed by atoms with Gasteiger partial charge in [-0.2, -0.15) is 0 Å². The summed E-state index contributed by atoms with van der Waals surface area (Å²) in [4.78, 5) is 91.4. The molecule has 0 aromatic heterocycles. The minimum atomic E-state index is -2.44. The average molecular weight is 765 g/mol. The van der Waals surface area contributed by atoms with Gasteiger partial charge in [-0.25, -0.2) is 0 Å².